The summed E-state index contributed by atoms with van der Waals surface area (Å²) in [5.74, 6) is 0.142. The van der Waals surface area contributed by atoms with Crippen molar-refractivity contribution in [3.8, 4) is 0 Å². The first kappa shape index (κ1) is 17.1. The molecule has 3 heterocycles. The van der Waals surface area contributed by atoms with E-state index in [4.69, 9.17) is 4.74 Å². The molecule has 1 fully saturated rings. The number of rotatable bonds is 6. The van der Waals surface area contributed by atoms with Gasteiger partial charge in [-0.3, -0.25) is 9.78 Å². The molecular formula is C19H24N2O2S. The van der Waals surface area contributed by atoms with Crippen LogP contribution in [-0.2, 0) is 17.8 Å². The van der Waals surface area contributed by atoms with E-state index in [2.05, 4.69) is 18.0 Å². The van der Waals surface area contributed by atoms with E-state index in [1.807, 2.05) is 28.6 Å². The highest BCUT2D eigenvalue weighted by atomic mass is 32.1. The maximum absolute atomic E-state index is 12.7. The molecular weight excluding hydrogens is 320 g/mol. The average Bonchev–Trinajstić information content (AvgIpc) is 3.09. The molecule has 0 radical (unpaired) electrons. The number of nitrogens with zero attached hydrogens (tertiary/aromatic N) is 2. The smallest absolute Gasteiger partial charge is 0.254 e. The van der Waals surface area contributed by atoms with Gasteiger partial charge in [0.15, 0.2) is 0 Å². The molecule has 0 aliphatic carbocycles. The number of amides is 1. The Kier molecular flexibility index (Phi) is 5.99. The van der Waals surface area contributed by atoms with Crippen molar-refractivity contribution < 1.29 is 9.53 Å². The van der Waals surface area contributed by atoms with Gasteiger partial charge >= 0.3 is 0 Å². The molecule has 1 saturated heterocycles. The molecule has 0 saturated carbocycles. The zero-order valence-electron chi connectivity index (χ0n) is 14.1. The highest BCUT2D eigenvalue weighted by molar-refractivity contribution is 7.10. The first-order valence-corrected chi connectivity index (χ1v) is 9.51. The lowest BCUT2D eigenvalue weighted by Gasteiger charge is -2.32. The summed E-state index contributed by atoms with van der Waals surface area (Å²) >= 11 is 1.69. The Morgan fingerprint density at radius 1 is 1.50 bits per heavy atom. The van der Waals surface area contributed by atoms with Crippen LogP contribution in [-0.4, -0.2) is 35.0 Å². The Hall–Kier alpha value is -1.72. The van der Waals surface area contributed by atoms with E-state index >= 15 is 0 Å². The standard InChI is InChI=1S/C19H24N2O2S/c1-2-5-18-10-16(14-24-18)19(22)21-9-4-7-17(12-21)23-13-15-6-3-8-20-11-15/h3,6,8,10-11,14,17H,2,4-5,7,9,12-13H2,1H3/t17-/m1/s1. The van der Waals surface area contributed by atoms with Crippen LogP contribution in [0.1, 0.15) is 47.0 Å². The van der Waals surface area contributed by atoms with Gasteiger partial charge in [0.1, 0.15) is 0 Å². The molecule has 4 nitrogen and oxygen atoms in total. The van der Waals surface area contributed by atoms with Crippen LogP contribution in [0.3, 0.4) is 0 Å². The van der Waals surface area contributed by atoms with Gasteiger partial charge in [-0.2, -0.15) is 0 Å². The number of carbonyl (C=O) groups is 1. The van der Waals surface area contributed by atoms with Crippen molar-refractivity contribution in [2.24, 2.45) is 0 Å². The van der Waals surface area contributed by atoms with E-state index in [1.54, 1.807) is 17.5 Å². The molecule has 0 unspecified atom stereocenters. The van der Waals surface area contributed by atoms with Crippen molar-refractivity contribution in [1.29, 1.82) is 0 Å². The minimum absolute atomic E-state index is 0.108. The SMILES string of the molecule is CCCc1cc(C(=O)N2CCC[C@@H](OCc3cccnc3)C2)cs1. The molecule has 0 bridgehead atoms. The first-order valence-electron chi connectivity index (χ1n) is 8.63. The number of hydrogen-bond acceptors (Lipinski definition) is 4. The van der Waals surface area contributed by atoms with E-state index in [0.717, 1.165) is 43.4 Å². The summed E-state index contributed by atoms with van der Waals surface area (Å²) in [6.07, 6.45) is 7.86. The van der Waals surface area contributed by atoms with Gasteiger partial charge in [-0.05, 0) is 37.0 Å². The number of piperidine rings is 1. The third-order valence-electron chi connectivity index (χ3n) is 4.27. The van der Waals surface area contributed by atoms with Gasteiger partial charge in [0.05, 0.1) is 18.3 Å². The molecule has 3 rings (SSSR count). The lowest BCUT2D eigenvalue weighted by atomic mass is 10.1. The summed E-state index contributed by atoms with van der Waals surface area (Å²) in [7, 11) is 0. The van der Waals surface area contributed by atoms with E-state index in [-0.39, 0.29) is 12.0 Å². The van der Waals surface area contributed by atoms with E-state index in [0.29, 0.717) is 13.2 Å². The second-order valence-corrected chi connectivity index (χ2v) is 7.24. The molecule has 5 heteroatoms. The van der Waals surface area contributed by atoms with Crippen molar-refractivity contribution in [2.45, 2.75) is 45.3 Å². The van der Waals surface area contributed by atoms with Gasteiger partial charge in [-0.1, -0.05) is 19.4 Å². The van der Waals surface area contributed by atoms with Crippen LogP contribution in [0.25, 0.3) is 0 Å². The summed E-state index contributed by atoms with van der Waals surface area (Å²) in [5.41, 5.74) is 1.90. The van der Waals surface area contributed by atoms with Crippen molar-refractivity contribution in [1.82, 2.24) is 9.88 Å². The zero-order chi connectivity index (χ0) is 16.8. The van der Waals surface area contributed by atoms with E-state index in [1.165, 1.54) is 4.88 Å². The van der Waals surface area contributed by atoms with Crippen LogP contribution < -0.4 is 0 Å². The lowest BCUT2D eigenvalue weighted by molar-refractivity contribution is -0.00679. The molecule has 24 heavy (non-hydrogen) atoms. The van der Waals surface area contributed by atoms with Crippen LogP contribution in [0.15, 0.2) is 36.0 Å². The fourth-order valence-electron chi connectivity index (χ4n) is 3.01. The average molecular weight is 344 g/mol. The number of ether oxygens (including phenoxy) is 1. The number of pyridine rings is 1. The molecule has 0 aromatic carbocycles. The van der Waals surface area contributed by atoms with Gasteiger partial charge in [0.2, 0.25) is 0 Å². The second kappa shape index (κ2) is 8.40. The minimum atomic E-state index is 0.108. The van der Waals surface area contributed by atoms with Gasteiger partial charge in [-0.25, -0.2) is 0 Å². The quantitative estimate of drug-likeness (QED) is 0.798. The number of thiophene rings is 1. The normalized spacial score (nSPS) is 17.9. The Balaban J connectivity index is 1.55. The van der Waals surface area contributed by atoms with E-state index in [9.17, 15) is 4.79 Å². The van der Waals surface area contributed by atoms with Gasteiger partial charge < -0.3 is 9.64 Å². The molecule has 2 aromatic rings. The predicted molar refractivity (Wildman–Crippen MR) is 96.3 cm³/mol. The molecule has 1 amide bonds. The van der Waals surface area contributed by atoms with Crippen LogP contribution in [0.4, 0.5) is 0 Å². The van der Waals surface area contributed by atoms with Crippen LogP contribution in [0.2, 0.25) is 0 Å². The van der Waals surface area contributed by atoms with Crippen LogP contribution in [0.5, 0.6) is 0 Å². The van der Waals surface area contributed by atoms with Gasteiger partial charge in [0.25, 0.3) is 5.91 Å². The fourth-order valence-corrected chi connectivity index (χ4v) is 3.97. The summed E-state index contributed by atoms with van der Waals surface area (Å²) in [6.45, 7) is 4.22. The lowest BCUT2D eigenvalue weighted by Crippen LogP contribution is -2.43. The molecule has 1 aliphatic rings. The molecule has 1 atom stereocenters. The summed E-state index contributed by atoms with van der Waals surface area (Å²) in [5, 5.41) is 1.99. The number of aryl methyl sites for hydroxylation is 1. The highest BCUT2D eigenvalue weighted by Gasteiger charge is 2.25. The summed E-state index contributed by atoms with van der Waals surface area (Å²) in [6, 6.07) is 5.98. The Morgan fingerprint density at radius 2 is 2.42 bits per heavy atom. The number of aromatic nitrogens is 1. The maximum Gasteiger partial charge on any atom is 0.254 e. The van der Waals surface area contributed by atoms with Crippen LogP contribution in [0, 0.1) is 0 Å². The molecule has 0 spiro atoms. The molecule has 1 aliphatic heterocycles. The number of likely N-dealkylation sites (tertiary alicyclic amines) is 1. The number of carbonyl (C=O) groups excluding carboxylic acids is 1. The monoisotopic (exact) mass is 344 g/mol. The van der Waals surface area contributed by atoms with Crippen molar-refractivity contribution in [3.63, 3.8) is 0 Å². The third kappa shape index (κ3) is 4.42. The second-order valence-electron chi connectivity index (χ2n) is 6.24. The Bertz CT molecular complexity index is 656. The summed E-state index contributed by atoms with van der Waals surface area (Å²) in [4.78, 5) is 20.0. The fraction of sp³-hybridized carbons (Fsp3) is 0.474. The van der Waals surface area contributed by atoms with Crippen molar-refractivity contribution >= 4 is 17.2 Å². The summed E-state index contributed by atoms with van der Waals surface area (Å²) < 4.78 is 6.00. The van der Waals surface area contributed by atoms with E-state index < -0.39 is 0 Å². The number of hydrogen-bond donors (Lipinski definition) is 0. The maximum atomic E-state index is 12.7. The highest BCUT2D eigenvalue weighted by Crippen LogP contribution is 2.21. The topological polar surface area (TPSA) is 42.4 Å². The minimum Gasteiger partial charge on any atom is -0.372 e. The third-order valence-corrected chi connectivity index (χ3v) is 5.27. The van der Waals surface area contributed by atoms with Crippen molar-refractivity contribution in [2.75, 3.05) is 13.1 Å². The Morgan fingerprint density at radius 3 is 3.21 bits per heavy atom. The van der Waals surface area contributed by atoms with Crippen LogP contribution >= 0.6 is 11.3 Å². The predicted octanol–water partition coefficient (Wildman–Crippen LogP) is 3.92. The first-order chi connectivity index (χ1) is 11.8. The Labute approximate surface area is 147 Å². The van der Waals surface area contributed by atoms with Gasteiger partial charge in [-0.15, -0.1) is 11.3 Å². The largest absolute Gasteiger partial charge is 0.372 e. The molecule has 2 aromatic heterocycles. The van der Waals surface area contributed by atoms with Crippen molar-refractivity contribution in [3.05, 3.63) is 52.0 Å². The molecule has 0 N–H and O–H groups in total. The van der Waals surface area contributed by atoms with Gasteiger partial charge in [0, 0.05) is 35.7 Å². The molecule has 128 valence electrons. The zero-order valence-corrected chi connectivity index (χ0v) is 14.9.